The van der Waals surface area contributed by atoms with Crippen molar-refractivity contribution >= 4 is 23.0 Å². The summed E-state index contributed by atoms with van der Waals surface area (Å²) in [5, 5.41) is 7.00. The third-order valence-corrected chi connectivity index (χ3v) is 8.58. The molecule has 164 valence electrons. The molecule has 9 heteroatoms. The van der Waals surface area contributed by atoms with Crippen LogP contribution >= 0.6 is 0 Å². The summed E-state index contributed by atoms with van der Waals surface area (Å²) in [5.41, 5.74) is 0.351. The van der Waals surface area contributed by atoms with Crippen molar-refractivity contribution < 1.29 is 23.0 Å². The molecule has 3 heterocycles. The minimum atomic E-state index is -1.33. The lowest BCUT2D eigenvalue weighted by molar-refractivity contribution is -0.118. The Hall–Kier alpha value is -1.84. The Kier molecular flexibility index (Phi) is 5.96. The monoisotopic (exact) mass is 435 g/mol. The predicted octanol–water partition coefficient (Wildman–Crippen LogP) is 3.48. The Labute approximate surface area is 179 Å². The summed E-state index contributed by atoms with van der Waals surface area (Å²) in [6.45, 7) is 6.41. The minimum absolute atomic E-state index is 0.0405. The molecular weight excluding hydrogens is 406 g/mol. The first-order valence-corrected chi connectivity index (χ1v) is 11.7. The molecule has 1 saturated carbocycles. The number of nitrogens with one attached hydrogen (secondary N) is 1. The second-order valence-electron chi connectivity index (χ2n) is 8.68. The maximum absolute atomic E-state index is 13.0. The second kappa shape index (κ2) is 8.36. The molecule has 8 nitrogen and oxygen atoms in total. The lowest BCUT2D eigenvalue weighted by Crippen LogP contribution is -2.50. The van der Waals surface area contributed by atoms with Crippen LogP contribution in [0.2, 0.25) is 0 Å². The summed E-state index contributed by atoms with van der Waals surface area (Å²) in [6.07, 6.45) is 7.07. The summed E-state index contributed by atoms with van der Waals surface area (Å²) >= 11 is -1.33. The van der Waals surface area contributed by atoms with Gasteiger partial charge in [0.2, 0.25) is 5.88 Å². The number of nitrogens with zero attached hydrogens (tertiary/aromatic N) is 2. The van der Waals surface area contributed by atoms with E-state index in [-0.39, 0.29) is 22.5 Å². The van der Waals surface area contributed by atoms with Crippen molar-refractivity contribution in [3.8, 4) is 0 Å². The van der Waals surface area contributed by atoms with E-state index in [0.29, 0.717) is 31.9 Å². The second-order valence-corrected chi connectivity index (χ2v) is 11.0. The minimum Gasteiger partial charge on any atom is -0.615 e. The van der Waals surface area contributed by atoms with Gasteiger partial charge in [-0.2, -0.15) is 0 Å². The summed E-state index contributed by atoms with van der Waals surface area (Å²) < 4.78 is 28.6. The zero-order valence-electron chi connectivity index (χ0n) is 17.7. The first kappa shape index (κ1) is 21.4. The van der Waals surface area contributed by atoms with E-state index in [1.165, 1.54) is 0 Å². The van der Waals surface area contributed by atoms with Crippen molar-refractivity contribution in [1.29, 1.82) is 0 Å². The van der Waals surface area contributed by atoms with Crippen LogP contribution in [0.3, 0.4) is 0 Å². The van der Waals surface area contributed by atoms with E-state index in [0.717, 1.165) is 37.1 Å². The topological polar surface area (TPSA) is 113 Å². The number of oxazole rings is 1. The van der Waals surface area contributed by atoms with Gasteiger partial charge in [0, 0.05) is 25.8 Å². The van der Waals surface area contributed by atoms with Crippen LogP contribution in [0.4, 0.5) is 5.88 Å². The number of hydrogen-bond donors (Lipinski definition) is 1. The Balaban J connectivity index is 1.50. The molecule has 1 unspecified atom stereocenters. The zero-order valence-corrected chi connectivity index (χ0v) is 18.5. The normalized spacial score (nSPS) is 20.9. The van der Waals surface area contributed by atoms with Gasteiger partial charge in [0.1, 0.15) is 11.0 Å². The maximum atomic E-state index is 13.0. The van der Waals surface area contributed by atoms with E-state index < -0.39 is 15.9 Å². The molecule has 1 amide bonds. The highest BCUT2D eigenvalue weighted by Crippen LogP contribution is 2.46. The van der Waals surface area contributed by atoms with Gasteiger partial charge in [0.05, 0.1) is 30.5 Å². The van der Waals surface area contributed by atoms with E-state index in [1.54, 1.807) is 26.1 Å². The van der Waals surface area contributed by atoms with Crippen LogP contribution in [0.5, 0.6) is 0 Å². The smallest absolute Gasteiger partial charge is 0.282 e. The standard InChI is InChI=1S/C21H29N3O5S/c1-14-22-13-17(28-14)21(8-4-5-9-21)16-12-18(29-24-16)23-19(25)20(2,3)30(26)15-6-10-27-11-7-15/h12-13,15H,4-11H2,1-3H3,(H,23,25). The number of rotatable bonds is 6. The van der Waals surface area contributed by atoms with Crippen molar-refractivity contribution in [2.45, 2.75) is 74.7 Å². The zero-order chi connectivity index (χ0) is 21.4. The van der Waals surface area contributed by atoms with Gasteiger partial charge in [0.25, 0.3) is 5.91 Å². The van der Waals surface area contributed by atoms with E-state index in [1.807, 2.05) is 6.92 Å². The molecule has 0 bridgehead atoms. The summed E-state index contributed by atoms with van der Waals surface area (Å²) in [6, 6.07) is 1.76. The number of aryl methyl sites for hydroxylation is 1. The molecule has 2 aromatic rings. The molecule has 2 aromatic heterocycles. The highest BCUT2D eigenvalue weighted by molar-refractivity contribution is 7.94. The van der Waals surface area contributed by atoms with Gasteiger partial charge in [-0.1, -0.05) is 18.0 Å². The highest BCUT2D eigenvalue weighted by Gasteiger charge is 2.46. The van der Waals surface area contributed by atoms with Crippen LogP contribution < -0.4 is 5.32 Å². The highest BCUT2D eigenvalue weighted by atomic mass is 32.2. The molecule has 1 aliphatic heterocycles. The molecule has 1 N–H and O–H groups in total. The number of carbonyl (C=O) groups excluding carboxylic acids is 1. The molecule has 1 atom stereocenters. The van der Waals surface area contributed by atoms with E-state index in [4.69, 9.17) is 13.7 Å². The van der Waals surface area contributed by atoms with Gasteiger partial charge in [-0.15, -0.1) is 0 Å². The first-order chi connectivity index (χ1) is 14.3. The van der Waals surface area contributed by atoms with Crippen molar-refractivity contribution in [3.05, 3.63) is 29.6 Å². The molecule has 2 aliphatic rings. The summed E-state index contributed by atoms with van der Waals surface area (Å²) in [4.78, 5) is 17.2. The number of ether oxygens (including phenoxy) is 1. The Bertz CT molecular complexity index is 881. The van der Waals surface area contributed by atoms with Crippen LogP contribution in [-0.4, -0.2) is 43.8 Å². The SMILES string of the molecule is Cc1ncc(C2(c3cc(NC(=O)C(C)(C)[S+]([O-])C4CCOCC4)on3)CCCC2)o1. The fourth-order valence-corrected chi connectivity index (χ4v) is 6.10. The van der Waals surface area contributed by atoms with Crippen molar-refractivity contribution in [2.75, 3.05) is 18.5 Å². The van der Waals surface area contributed by atoms with E-state index in [9.17, 15) is 9.35 Å². The van der Waals surface area contributed by atoms with Gasteiger partial charge in [0.15, 0.2) is 10.6 Å². The van der Waals surface area contributed by atoms with Gasteiger partial charge < -0.3 is 18.2 Å². The van der Waals surface area contributed by atoms with Crippen molar-refractivity contribution in [2.24, 2.45) is 0 Å². The van der Waals surface area contributed by atoms with E-state index in [2.05, 4.69) is 15.5 Å². The van der Waals surface area contributed by atoms with Crippen LogP contribution in [0.1, 0.15) is 69.7 Å². The average Bonchev–Trinajstić information content (AvgIpc) is 3.49. The third-order valence-electron chi connectivity index (χ3n) is 6.31. The van der Waals surface area contributed by atoms with Crippen molar-refractivity contribution in [1.82, 2.24) is 10.1 Å². The fraction of sp³-hybridized carbons (Fsp3) is 0.667. The summed E-state index contributed by atoms with van der Waals surface area (Å²) in [5.74, 6) is 1.32. The maximum Gasteiger partial charge on any atom is 0.282 e. The Morgan fingerprint density at radius 2 is 2.00 bits per heavy atom. The van der Waals surface area contributed by atoms with Gasteiger partial charge in [-0.05, 0) is 37.9 Å². The molecule has 0 spiro atoms. The van der Waals surface area contributed by atoms with Crippen LogP contribution in [0, 0.1) is 6.92 Å². The number of amides is 1. The fourth-order valence-electron chi connectivity index (χ4n) is 4.41. The van der Waals surface area contributed by atoms with E-state index >= 15 is 0 Å². The number of hydrogen-bond acceptors (Lipinski definition) is 7. The molecule has 0 radical (unpaired) electrons. The predicted molar refractivity (Wildman–Crippen MR) is 112 cm³/mol. The third kappa shape index (κ3) is 3.90. The number of aromatic nitrogens is 2. The molecule has 0 aromatic carbocycles. The molecule has 1 aliphatic carbocycles. The average molecular weight is 436 g/mol. The molecule has 2 fully saturated rings. The number of anilines is 1. The molecular formula is C21H29N3O5S. The Morgan fingerprint density at radius 3 is 2.63 bits per heavy atom. The van der Waals surface area contributed by atoms with Crippen LogP contribution in [0.25, 0.3) is 0 Å². The summed E-state index contributed by atoms with van der Waals surface area (Å²) in [7, 11) is 0. The molecule has 30 heavy (non-hydrogen) atoms. The lowest BCUT2D eigenvalue weighted by atomic mass is 9.80. The van der Waals surface area contributed by atoms with Gasteiger partial charge in [-0.25, -0.2) is 4.98 Å². The van der Waals surface area contributed by atoms with Crippen LogP contribution in [0.15, 0.2) is 21.2 Å². The lowest BCUT2D eigenvalue weighted by Gasteiger charge is -2.34. The van der Waals surface area contributed by atoms with Gasteiger partial charge in [-0.3, -0.25) is 10.1 Å². The molecule has 4 rings (SSSR count). The number of carbonyl (C=O) groups is 1. The Morgan fingerprint density at radius 1 is 1.30 bits per heavy atom. The quantitative estimate of drug-likeness (QED) is 0.691. The van der Waals surface area contributed by atoms with Gasteiger partial charge >= 0.3 is 0 Å². The largest absolute Gasteiger partial charge is 0.615 e. The van der Waals surface area contributed by atoms with Crippen molar-refractivity contribution in [3.63, 3.8) is 0 Å². The van der Waals surface area contributed by atoms with Crippen LogP contribution in [-0.2, 0) is 26.1 Å². The molecule has 1 saturated heterocycles. The first-order valence-electron chi connectivity index (χ1n) is 10.5.